The molecule has 0 radical (unpaired) electrons. The lowest BCUT2D eigenvalue weighted by atomic mass is 9.55. The van der Waals surface area contributed by atoms with Crippen LogP contribution in [-0.2, 0) is 0 Å². The van der Waals surface area contributed by atoms with Gasteiger partial charge in [0.25, 0.3) is 0 Å². The van der Waals surface area contributed by atoms with Crippen LogP contribution in [0.5, 0.6) is 0 Å². The lowest BCUT2D eigenvalue weighted by molar-refractivity contribution is 1.35. The summed E-state index contributed by atoms with van der Waals surface area (Å²) in [5.74, 6) is 0. The van der Waals surface area contributed by atoms with Gasteiger partial charge in [0.2, 0.25) is 0 Å². The first-order valence-corrected chi connectivity index (χ1v) is 11.0. The van der Waals surface area contributed by atoms with Gasteiger partial charge < -0.3 is 0 Å². The summed E-state index contributed by atoms with van der Waals surface area (Å²) in [6, 6.07) is 22.8. The highest BCUT2D eigenvalue weighted by Crippen LogP contribution is 2.12. The van der Waals surface area contributed by atoms with Crippen molar-refractivity contribution < 1.29 is 0 Å². The molecular weight excluding hydrogens is 358 g/mol. The number of hydrogen-bond acceptors (Lipinski definition) is 0. The minimum Gasteiger partial charge on any atom is -0.0728 e. The van der Waals surface area contributed by atoms with Crippen molar-refractivity contribution in [2.24, 2.45) is 0 Å². The van der Waals surface area contributed by atoms with E-state index < -0.39 is 0 Å². The van der Waals surface area contributed by atoms with Gasteiger partial charge >= 0.3 is 0 Å². The quantitative estimate of drug-likeness (QED) is 0.470. The molecule has 2 heteroatoms. The first-order chi connectivity index (χ1) is 14.3. The lowest BCUT2D eigenvalue weighted by Crippen LogP contribution is -2.37. The van der Waals surface area contributed by atoms with Crippen molar-refractivity contribution in [3.05, 3.63) is 94.0 Å². The predicted molar refractivity (Wildman–Crippen MR) is 138 cm³/mol. The Bertz CT molecular complexity index is 1110. The second-order valence-electron chi connectivity index (χ2n) is 9.04. The van der Waals surface area contributed by atoms with Gasteiger partial charge in [-0.05, 0) is 52.3 Å². The van der Waals surface area contributed by atoms with E-state index in [1.54, 1.807) is 0 Å². The van der Waals surface area contributed by atoms with Gasteiger partial charge in [-0.3, -0.25) is 0 Å². The average Bonchev–Trinajstić information content (AvgIpc) is 2.67. The Labute approximate surface area is 182 Å². The fourth-order valence-electron chi connectivity index (χ4n) is 5.15. The molecule has 0 aliphatic heterocycles. The summed E-state index contributed by atoms with van der Waals surface area (Å²) >= 11 is 0. The number of fused-ring (bicyclic) bond motifs is 1. The van der Waals surface area contributed by atoms with Gasteiger partial charge in [-0.25, -0.2) is 0 Å². The summed E-state index contributed by atoms with van der Waals surface area (Å²) < 4.78 is 0. The summed E-state index contributed by atoms with van der Waals surface area (Å²) in [4.78, 5) is 0. The monoisotopic (exact) mass is 388 g/mol. The minimum atomic E-state index is 0.984. The van der Waals surface area contributed by atoms with Crippen molar-refractivity contribution in [1.82, 2.24) is 0 Å². The van der Waals surface area contributed by atoms with Gasteiger partial charge in [0.15, 0.2) is 14.6 Å². The van der Waals surface area contributed by atoms with Crippen LogP contribution in [0.15, 0.2) is 60.7 Å². The molecule has 4 aromatic rings. The Kier molecular flexibility index (Phi) is 5.60. The Morgan fingerprint density at radius 1 is 0.500 bits per heavy atom. The molecule has 4 rings (SSSR count). The molecule has 0 N–H and O–H groups in total. The van der Waals surface area contributed by atoms with E-state index in [0.717, 1.165) is 14.6 Å². The fraction of sp³-hybridized carbons (Fsp3) is 0.214. The molecule has 0 aliphatic rings. The van der Waals surface area contributed by atoms with Crippen molar-refractivity contribution in [3.8, 4) is 0 Å². The lowest BCUT2D eigenvalue weighted by Gasteiger charge is -2.16. The average molecular weight is 388 g/mol. The maximum atomic E-state index is 2.32. The normalized spacial score (nSPS) is 11.0. The summed E-state index contributed by atoms with van der Waals surface area (Å²) in [5, 5.41) is 2.77. The van der Waals surface area contributed by atoms with Crippen LogP contribution < -0.4 is 21.9 Å². The van der Waals surface area contributed by atoms with Crippen LogP contribution in [0.4, 0.5) is 0 Å². The van der Waals surface area contributed by atoms with Crippen molar-refractivity contribution in [1.29, 1.82) is 0 Å². The van der Waals surface area contributed by atoms with Crippen molar-refractivity contribution >= 4 is 47.2 Å². The van der Waals surface area contributed by atoms with Gasteiger partial charge in [-0.1, -0.05) is 116 Å². The highest BCUT2D eigenvalue weighted by molar-refractivity contribution is 6.75. The Morgan fingerprint density at radius 3 is 1.23 bits per heavy atom. The molecule has 0 unspecified atom stereocenters. The van der Waals surface area contributed by atoms with Crippen LogP contribution in [-0.4, -0.2) is 14.6 Å². The van der Waals surface area contributed by atoms with Crippen molar-refractivity contribution in [3.63, 3.8) is 0 Å². The molecule has 0 amide bonds. The fourth-order valence-corrected chi connectivity index (χ4v) is 5.15. The molecule has 0 nitrogen and oxygen atoms in total. The second kappa shape index (κ2) is 8.19. The number of aryl methyl sites for hydroxylation is 6. The van der Waals surface area contributed by atoms with Crippen LogP contribution >= 0.6 is 0 Å². The second-order valence-corrected chi connectivity index (χ2v) is 9.04. The van der Waals surface area contributed by atoms with Gasteiger partial charge in [0.1, 0.15) is 0 Å². The number of hydrogen-bond donors (Lipinski definition) is 0. The highest BCUT2D eigenvalue weighted by Gasteiger charge is 2.14. The first-order valence-electron chi connectivity index (χ1n) is 11.0. The standard InChI is InChI=1S/C28H30B2/c1-17-13-19(3)27(20(4)14-17)29-24-11-7-9-23-10-8-12-25(26(23)24)30-28-21(5)15-18(2)16-22(28)6/h7-16,29-30H,1-6H3. The Morgan fingerprint density at radius 2 is 0.867 bits per heavy atom. The third kappa shape index (κ3) is 3.97. The van der Waals surface area contributed by atoms with E-state index in [1.807, 2.05) is 0 Å². The van der Waals surface area contributed by atoms with Gasteiger partial charge in [0, 0.05) is 0 Å². The van der Waals surface area contributed by atoms with E-state index in [2.05, 4.69) is 102 Å². The first kappa shape index (κ1) is 20.5. The van der Waals surface area contributed by atoms with E-state index in [-0.39, 0.29) is 0 Å². The Balaban J connectivity index is 1.84. The third-order valence-corrected chi connectivity index (χ3v) is 6.49. The molecule has 0 bridgehead atoms. The van der Waals surface area contributed by atoms with Crippen molar-refractivity contribution in [2.75, 3.05) is 0 Å². The van der Waals surface area contributed by atoms with Crippen LogP contribution in [0.1, 0.15) is 33.4 Å². The molecule has 0 aliphatic carbocycles. The summed E-state index contributed by atoms with van der Waals surface area (Å²) in [6.45, 7) is 13.4. The van der Waals surface area contributed by atoms with E-state index in [1.165, 1.54) is 66.0 Å². The largest absolute Gasteiger partial charge is 0.193 e. The zero-order valence-electron chi connectivity index (χ0n) is 19.2. The molecule has 30 heavy (non-hydrogen) atoms. The predicted octanol–water partition coefficient (Wildman–Crippen LogP) is 3.46. The van der Waals surface area contributed by atoms with E-state index in [0.29, 0.717) is 0 Å². The molecule has 0 heterocycles. The van der Waals surface area contributed by atoms with Crippen LogP contribution in [0.2, 0.25) is 0 Å². The molecule has 0 fully saturated rings. The van der Waals surface area contributed by atoms with E-state index in [9.17, 15) is 0 Å². The Hall–Kier alpha value is -2.73. The molecule has 0 saturated heterocycles. The van der Waals surface area contributed by atoms with E-state index in [4.69, 9.17) is 0 Å². The maximum absolute atomic E-state index is 2.32. The SMILES string of the molecule is Cc1cc(C)c(Bc2cccc3cccc(Bc4c(C)cc(C)cc4C)c23)c(C)c1. The molecule has 4 aromatic carbocycles. The zero-order chi connectivity index (χ0) is 21.4. The topological polar surface area (TPSA) is 0 Å². The molecule has 148 valence electrons. The molecule has 0 atom stereocenters. The maximum Gasteiger partial charge on any atom is 0.193 e. The summed E-state index contributed by atoms with van der Waals surface area (Å²) in [7, 11) is 1.97. The van der Waals surface area contributed by atoms with Crippen molar-refractivity contribution in [2.45, 2.75) is 41.5 Å². The van der Waals surface area contributed by atoms with Crippen LogP contribution in [0, 0.1) is 41.5 Å². The molecular formula is C28H30B2. The zero-order valence-corrected chi connectivity index (χ0v) is 19.2. The van der Waals surface area contributed by atoms with Gasteiger partial charge in [0.05, 0.1) is 0 Å². The minimum absolute atomic E-state index is 0.984. The van der Waals surface area contributed by atoms with Crippen LogP contribution in [0.3, 0.4) is 0 Å². The molecule has 0 spiro atoms. The summed E-state index contributed by atoms with van der Waals surface area (Å²) in [5.41, 5.74) is 14.1. The van der Waals surface area contributed by atoms with Gasteiger partial charge in [-0.15, -0.1) is 0 Å². The third-order valence-electron chi connectivity index (χ3n) is 6.49. The number of rotatable bonds is 4. The number of benzene rings is 4. The smallest absolute Gasteiger partial charge is 0.0728 e. The molecule has 0 aromatic heterocycles. The van der Waals surface area contributed by atoms with E-state index >= 15 is 0 Å². The molecule has 0 saturated carbocycles. The van der Waals surface area contributed by atoms with Crippen LogP contribution in [0.25, 0.3) is 10.8 Å². The highest BCUT2D eigenvalue weighted by atomic mass is 14.1. The van der Waals surface area contributed by atoms with Gasteiger partial charge in [-0.2, -0.15) is 0 Å². The summed E-state index contributed by atoms with van der Waals surface area (Å²) in [6.07, 6.45) is 0.